The first-order valence-corrected chi connectivity index (χ1v) is 7.32. The van der Waals surface area contributed by atoms with E-state index in [1.54, 1.807) is 17.0 Å². The molecule has 1 aromatic carbocycles. The fourth-order valence-corrected chi connectivity index (χ4v) is 2.78. The number of amides is 2. The van der Waals surface area contributed by atoms with Gasteiger partial charge in [0.05, 0.1) is 5.54 Å². The first kappa shape index (κ1) is 15.5. The standard InChI is InChI=1S/C16H23N3O2/c1-16(9-3-4-10-18-16)15(21)19(2)11-12-5-7-13(8-6-12)14(17)20/h5-8,18H,3-4,9-11H2,1-2H3,(H2,17,20). The van der Waals surface area contributed by atoms with E-state index >= 15 is 0 Å². The molecule has 0 saturated carbocycles. The molecule has 1 aliphatic rings. The predicted octanol–water partition coefficient (Wildman–Crippen LogP) is 1.28. The number of piperidine rings is 1. The van der Waals surface area contributed by atoms with Gasteiger partial charge in [0.2, 0.25) is 11.8 Å². The lowest BCUT2D eigenvalue weighted by Gasteiger charge is -2.36. The predicted molar refractivity (Wildman–Crippen MR) is 81.7 cm³/mol. The van der Waals surface area contributed by atoms with Crippen molar-refractivity contribution in [2.75, 3.05) is 13.6 Å². The number of carbonyl (C=O) groups is 2. The number of nitrogens with zero attached hydrogens (tertiary/aromatic N) is 1. The molecule has 21 heavy (non-hydrogen) atoms. The van der Waals surface area contributed by atoms with E-state index in [0.717, 1.165) is 31.4 Å². The number of nitrogens with one attached hydrogen (secondary N) is 1. The molecule has 0 spiro atoms. The highest BCUT2D eigenvalue weighted by molar-refractivity contribution is 5.92. The molecule has 1 saturated heterocycles. The second-order valence-electron chi connectivity index (χ2n) is 5.94. The molecule has 0 aliphatic carbocycles. The van der Waals surface area contributed by atoms with Crippen LogP contribution in [-0.4, -0.2) is 35.8 Å². The van der Waals surface area contributed by atoms with Gasteiger partial charge in [-0.3, -0.25) is 9.59 Å². The topological polar surface area (TPSA) is 75.4 Å². The van der Waals surface area contributed by atoms with E-state index in [0.29, 0.717) is 12.1 Å². The molecule has 5 heteroatoms. The molecule has 5 nitrogen and oxygen atoms in total. The fourth-order valence-electron chi connectivity index (χ4n) is 2.78. The van der Waals surface area contributed by atoms with Crippen LogP contribution in [-0.2, 0) is 11.3 Å². The summed E-state index contributed by atoms with van der Waals surface area (Å²) in [5.41, 5.74) is 6.22. The molecular weight excluding hydrogens is 266 g/mol. The van der Waals surface area contributed by atoms with Crippen LogP contribution in [0.4, 0.5) is 0 Å². The minimum absolute atomic E-state index is 0.112. The summed E-state index contributed by atoms with van der Waals surface area (Å²) in [6.45, 7) is 3.39. The monoisotopic (exact) mass is 289 g/mol. The Morgan fingerprint density at radius 3 is 2.48 bits per heavy atom. The Bertz CT molecular complexity index is 519. The SMILES string of the molecule is CN(Cc1ccc(C(N)=O)cc1)C(=O)C1(C)CCCCN1. The van der Waals surface area contributed by atoms with E-state index in [9.17, 15) is 9.59 Å². The first-order valence-electron chi connectivity index (χ1n) is 7.32. The van der Waals surface area contributed by atoms with Crippen molar-refractivity contribution in [1.29, 1.82) is 0 Å². The van der Waals surface area contributed by atoms with Crippen molar-refractivity contribution in [3.05, 3.63) is 35.4 Å². The Balaban J connectivity index is 2.01. The van der Waals surface area contributed by atoms with Crippen LogP contribution in [0.15, 0.2) is 24.3 Å². The van der Waals surface area contributed by atoms with E-state index < -0.39 is 11.4 Å². The van der Waals surface area contributed by atoms with Crippen LogP contribution in [0, 0.1) is 0 Å². The van der Waals surface area contributed by atoms with Crippen LogP contribution in [0.25, 0.3) is 0 Å². The summed E-state index contributed by atoms with van der Waals surface area (Å²) in [5, 5.41) is 3.33. The number of nitrogens with two attached hydrogens (primary N) is 1. The van der Waals surface area contributed by atoms with Gasteiger partial charge in [-0.2, -0.15) is 0 Å². The number of likely N-dealkylation sites (N-methyl/N-ethyl adjacent to an activating group) is 1. The quantitative estimate of drug-likeness (QED) is 0.876. The van der Waals surface area contributed by atoms with E-state index in [2.05, 4.69) is 5.32 Å². The Hall–Kier alpha value is -1.88. The first-order chi connectivity index (χ1) is 9.92. The number of hydrogen-bond donors (Lipinski definition) is 2. The van der Waals surface area contributed by atoms with Crippen molar-refractivity contribution in [3.8, 4) is 0 Å². The average molecular weight is 289 g/mol. The van der Waals surface area contributed by atoms with Crippen LogP contribution in [0.3, 0.4) is 0 Å². The maximum atomic E-state index is 12.6. The molecule has 3 N–H and O–H groups in total. The highest BCUT2D eigenvalue weighted by Gasteiger charge is 2.36. The van der Waals surface area contributed by atoms with Crippen molar-refractivity contribution < 1.29 is 9.59 Å². The number of rotatable bonds is 4. The Labute approximate surface area is 125 Å². The second kappa shape index (κ2) is 6.26. The van der Waals surface area contributed by atoms with Crippen molar-refractivity contribution in [1.82, 2.24) is 10.2 Å². The summed E-state index contributed by atoms with van der Waals surface area (Å²) >= 11 is 0. The molecule has 1 fully saturated rings. The lowest BCUT2D eigenvalue weighted by atomic mass is 9.89. The number of hydrogen-bond acceptors (Lipinski definition) is 3. The Morgan fingerprint density at radius 1 is 1.29 bits per heavy atom. The number of carbonyl (C=O) groups excluding carboxylic acids is 2. The minimum Gasteiger partial charge on any atom is -0.366 e. The zero-order valence-electron chi connectivity index (χ0n) is 12.7. The third-order valence-corrected chi connectivity index (χ3v) is 4.10. The lowest BCUT2D eigenvalue weighted by molar-refractivity contribution is -0.137. The minimum atomic E-state index is -0.458. The zero-order valence-corrected chi connectivity index (χ0v) is 12.7. The average Bonchev–Trinajstić information content (AvgIpc) is 2.47. The van der Waals surface area contributed by atoms with Gasteiger partial charge in [-0.05, 0) is 50.4 Å². The maximum absolute atomic E-state index is 12.6. The van der Waals surface area contributed by atoms with Gasteiger partial charge in [0.25, 0.3) is 0 Å². The van der Waals surface area contributed by atoms with Gasteiger partial charge in [-0.1, -0.05) is 12.1 Å². The molecule has 1 atom stereocenters. The smallest absolute Gasteiger partial charge is 0.248 e. The van der Waals surface area contributed by atoms with E-state index in [1.807, 2.05) is 26.1 Å². The van der Waals surface area contributed by atoms with E-state index in [-0.39, 0.29) is 5.91 Å². The number of benzene rings is 1. The molecule has 0 radical (unpaired) electrons. The molecule has 0 bridgehead atoms. The summed E-state index contributed by atoms with van der Waals surface area (Å²) in [5.74, 6) is -0.328. The molecule has 1 heterocycles. The van der Waals surface area contributed by atoms with Gasteiger partial charge >= 0.3 is 0 Å². The van der Waals surface area contributed by atoms with Gasteiger partial charge in [0.15, 0.2) is 0 Å². The molecule has 0 aromatic heterocycles. The van der Waals surface area contributed by atoms with Crippen LogP contribution in [0.5, 0.6) is 0 Å². The summed E-state index contributed by atoms with van der Waals surface area (Å²) in [4.78, 5) is 25.4. The van der Waals surface area contributed by atoms with Crippen LogP contribution in [0.1, 0.15) is 42.1 Å². The second-order valence-corrected chi connectivity index (χ2v) is 5.94. The fraction of sp³-hybridized carbons (Fsp3) is 0.500. The highest BCUT2D eigenvalue weighted by Crippen LogP contribution is 2.21. The number of primary amides is 1. The maximum Gasteiger partial charge on any atom is 0.248 e. The van der Waals surface area contributed by atoms with Crippen molar-refractivity contribution in [3.63, 3.8) is 0 Å². The van der Waals surface area contributed by atoms with Gasteiger partial charge in [0, 0.05) is 19.2 Å². The third kappa shape index (κ3) is 3.61. The molecule has 2 rings (SSSR count). The van der Waals surface area contributed by atoms with Gasteiger partial charge < -0.3 is 16.0 Å². The van der Waals surface area contributed by atoms with Gasteiger partial charge in [0.1, 0.15) is 0 Å². The van der Waals surface area contributed by atoms with E-state index in [1.165, 1.54) is 0 Å². The molecule has 1 unspecified atom stereocenters. The molecule has 114 valence electrons. The highest BCUT2D eigenvalue weighted by atomic mass is 16.2. The molecule has 1 aromatic rings. The lowest BCUT2D eigenvalue weighted by Crippen LogP contribution is -2.57. The van der Waals surface area contributed by atoms with Crippen molar-refractivity contribution >= 4 is 11.8 Å². The van der Waals surface area contributed by atoms with Crippen molar-refractivity contribution in [2.24, 2.45) is 5.73 Å². The summed E-state index contributed by atoms with van der Waals surface area (Å²) < 4.78 is 0. The van der Waals surface area contributed by atoms with Crippen LogP contribution >= 0.6 is 0 Å². The largest absolute Gasteiger partial charge is 0.366 e. The Morgan fingerprint density at radius 2 is 1.95 bits per heavy atom. The third-order valence-electron chi connectivity index (χ3n) is 4.10. The van der Waals surface area contributed by atoms with Gasteiger partial charge in [-0.15, -0.1) is 0 Å². The summed E-state index contributed by atoms with van der Waals surface area (Å²) in [6, 6.07) is 7.05. The zero-order chi connectivity index (χ0) is 15.5. The summed E-state index contributed by atoms with van der Waals surface area (Å²) in [6.07, 6.45) is 3.08. The Kier molecular flexibility index (Phi) is 4.63. The van der Waals surface area contributed by atoms with Gasteiger partial charge in [-0.25, -0.2) is 0 Å². The molecular formula is C16H23N3O2. The van der Waals surface area contributed by atoms with Crippen LogP contribution < -0.4 is 11.1 Å². The molecule has 2 amide bonds. The normalized spacial score (nSPS) is 21.8. The van der Waals surface area contributed by atoms with Crippen molar-refractivity contribution in [2.45, 2.75) is 38.3 Å². The van der Waals surface area contributed by atoms with Crippen LogP contribution in [0.2, 0.25) is 0 Å². The summed E-state index contributed by atoms with van der Waals surface area (Å²) in [7, 11) is 1.81. The van der Waals surface area contributed by atoms with E-state index in [4.69, 9.17) is 5.73 Å². The molecule has 1 aliphatic heterocycles.